The second-order valence-electron chi connectivity index (χ2n) is 5.56. The number of nitrogens with one attached hydrogen (secondary N) is 1. The number of hydrazine groups is 1. The molecule has 13 heteroatoms. The van der Waals surface area contributed by atoms with Gasteiger partial charge in [0.25, 0.3) is 27.3 Å². The van der Waals surface area contributed by atoms with Gasteiger partial charge in [-0.2, -0.15) is 0 Å². The summed E-state index contributed by atoms with van der Waals surface area (Å²) in [7, 11) is -4.43. The Labute approximate surface area is 158 Å². The number of anilines is 1. The van der Waals surface area contributed by atoms with Crippen molar-refractivity contribution in [2.45, 2.75) is 11.8 Å². The van der Waals surface area contributed by atoms with Gasteiger partial charge in [-0.25, -0.2) is 14.3 Å². The summed E-state index contributed by atoms with van der Waals surface area (Å²) in [6, 6.07) is 7.69. The molecular formula is C15H15N5O7S. The van der Waals surface area contributed by atoms with E-state index in [1.807, 2.05) is 0 Å². The summed E-state index contributed by atoms with van der Waals surface area (Å²) in [5.74, 6) is 4.19. The zero-order chi connectivity index (χ0) is 21.1. The summed E-state index contributed by atoms with van der Waals surface area (Å²) in [6.07, 6.45) is 0. The number of nitrogens with two attached hydrogens (primary N) is 1. The molecule has 0 unspecified atom stereocenters. The molecule has 0 saturated heterocycles. The molecule has 0 aliphatic carbocycles. The Kier molecular flexibility index (Phi) is 5.90. The van der Waals surface area contributed by atoms with Gasteiger partial charge in [-0.05, 0) is 24.6 Å². The van der Waals surface area contributed by atoms with Crippen molar-refractivity contribution in [1.82, 2.24) is 5.43 Å². The number of carbonyl (C=O) groups is 1. The van der Waals surface area contributed by atoms with Crippen LogP contribution in [-0.4, -0.2) is 30.7 Å². The minimum absolute atomic E-state index is 0.0132. The molecule has 28 heavy (non-hydrogen) atoms. The van der Waals surface area contributed by atoms with Gasteiger partial charge in [0, 0.05) is 24.3 Å². The Bertz CT molecular complexity index is 1050. The van der Waals surface area contributed by atoms with Crippen molar-refractivity contribution < 1.29 is 23.1 Å². The first-order valence-electron chi connectivity index (χ1n) is 7.59. The molecule has 2 aromatic rings. The Balaban J connectivity index is 2.63. The van der Waals surface area contributed by atoms with E-state index in [1.54, 1.807) is 5.43 Å². The lowest BCUT2D eigenvalue weighted by molar-refractivity contribution is -0.385. The lowest BCUT2D eigenvalue weighted by Crippen LogP contribution is -2.43. The molecule has 0 aliphatic rings. The van der Waals surface area contributed by atoms with Crippen LogP contribution in [0.4, 0.5) is 17.1 Å². The van der Waals surface area contributed by atoms with Crippen molar-refractivity contribution in [2.75, 3.05) is 10.8 Å². The maximum absolute atomic E-state index is 13.1. The maximum Gasteiger partial charge on any atom is 0.270 e. The SMILES string of the molecule is Cc1cc([N+](=O)[O-])ccc1N(CC(=O)NN)S(=O)(=O)c1cccc([N+](=O)[O-])c1. The number of aryl methyl sites for hydroxylation is 1. The van der Waals surface area contributed by atoms with Crippen molar-refractivity contribution >= 4 is 33.0 Å². The monoisotopic (exact) mass is 409 g/mol. The third kappa shape index (κ3) is 4.21. The summed E-state index contributed by atoms with van der Waals surface area (Å²) < 4.78 is 26.8. The van der Waals surface area contributed by atoms with Crippen LogP contribution in [0, 0.1) is 27.2 Å². The van der Waals surface area contributed by atoms with E-state index in [2.05, 4.69) is 0 Å². The Morgan fingerprint density at radius 3 is 2.25 bits per heavy atom. The van der Waals surface area contributed by atoms with Crippen LogP contribution in [0.15, 0.2) is 47.4 Å². The summed E-state index contributed by atoms with van der Waals surface area (Å²) in [5.41, 5.74) is 1.27. The largest absolute Gasteiger partial charge is 0.293 e. The maximum atomic E-state index is 13.1. The van der Waals surface area contributed by atoms with Crippen LogP contribution in [0.2, 0.25) is 0 Å². The number of nitro benzene ring substituents is 2. The van der Waals surface area contributed by atoms with Gasteiger partial charge in [-0.1, -0.05) is 6.07 Å². The van der Waals surface area contributed by atoms with Crippen molar-refractivity contribution in [1.29, 1.82) is 0 Å². The number of hydrogen-bond acceptors (Lipinski definition) is 8. The topological polar surface area (TPSA) is 179 Å². The molecule has 0 spiro atoms. The molecule has 0 heterocycles. The van der Waals surface area contributed by atoms with Crippen LogP contribution >= 0.6 is 0 Å². The summed E-state index contributed by atoms with van der Waals surface area (Å²) in [6.45, 7) is 0.693. The molecule has 0 fully saturated rings. The molecule has 0 bridgehead atoms. The van der Waals surface area contributed by atoms with Gasteiger partial charge >= 0.3 is 0 Å². The summed E-state index contributed by atoms with van der Waals surface area (Å²) in [5, 5.41) is 21.9. The fourth-order valence-electron chi connectivity index (χ4n) is 2.39. The zero-order valence-electron chi connectivity index (χ0n) is 14.4. The highest BCUT2D eigenvalue weighted by atomic mass is 32.2. The van der Waals surface area contributed by atoms with Gasteiger partial charge in [0.1, 0.15) is 6.54 Å². The van der Waals surface area contributed by atoms with Gasteiger partial charge in [-0.3, -0.25) is 34.8 Å². The van der Waals surface area contributed by atoms with Crippen LogP contribution < -0.4 is 15.6 Å². The minimum atomic E-state index is -4.43. The standard InChI is InChI=1S/C15H15N5O7S/c1-10-7-12(20(24)25)5-6-14(10)18(9-15(21)17-16)28(26,27)13-4-2-3-11(8-13)19(22)23/h2-8H,9,16H2,1H3,(H,17,21). The van der Waals surface area contributed by atoms with Gasteiger partial charge in [0.2, 0.25) is 0 Å². The van der Waals surface area contributed by atoms with Crippen LogP contribution in [0.1, 0.15) is 5.56 Å². The number of rotatable bonds is 7. The molecular weight excluding hydrogens is 394 g/mol. The van der Waals surface area contributed by atoms with Crippen molar-refractivity contribution in [3.63, 3.8) is 0 Å². The molecule has 3 N–H and O–H groups in total. The molecule has 0 saturated carbocycles. The number of non-ortho nitro benzene ring substituents is 2. The van der Waals surface area contributed by atoms with E-state index in [0.29, 0.717) is 4.31 Å². The molecule has 2 aromatic carbocycles. The highest BCUT2D eigenvalue weighted by Gasteiger charge is 2.30. The van der Waals surface area contributed by atoms with Gasteiger partial charge in [0.05, 0.1) is 20.4 Å². The van der Waals surface area contributed by atoms with Gasteiger partial charge < -0.3 is 0 Å². The van der Waals surface area contributed by atoms with Crippen LogP contribution in [-0.2, 0) is 14.8 Å². The number of benzene rings is 2. The van der Waals surface area contributed by atoms with Crippen LogP contribution in [0.3, 0.4) is 0 Å². The molecule has 0 aromatic heterocycles. The van der Waals surface area contributed by atoms with Crippen LogP contribution in [0.5, 0.6) is 0 Å². The number of nitrogens with zero attached hydrogens (tertiary/aromatic N) is 3. The Morgan fingerprint density at radius 1 is 1.11 bits per heavy atom. The zero-order valence-corrected chi connectivity index (χ0v) is 15.3. The third-order valence-electron chi connectivity index (χ3n) is 3.72. The quantitative estimate of drug-likeness (QED) is 0.294. The molecule has 0 aliphatic heterocycles. The molecule has 0 radical (unpaired) electrons. The number of amides is 1. The number of sulfonamides is 1. The lowest BCUT2D eigenvalue weighted by Gasteiger charge is -2.25. The normalized spacial score (nSPS) is 10.9. The molecule has 1 amide bonds. The Morgan fingerprint density at radius 2 is 1.71 bits per heavy atom. The van der Waals surface area contributed by atoms with Gasteiger partial charge in [-0.15, -0.1) is 0 Å². The first-order valence-corrected chi connectivity index (χ1v) is 9.03. The average molecular weight is 409 g/mol. The molecule has 0 atom stereocenters. The number of hydrogen-bond donors (Lipinski definition) is 2. The van der Waals surface area contributed by atoms with E-state index < -0.39 is 42.9 Å². The van der Waals surface area contributed by atoms with E-state index in [1.165, 1.54) is 19.1 Å². The summed E-state index contributed by atoms with van der Waals surface area (Å²) in [4.78, 5) is 31.8. The minimum Gasteiger partial charge on any atom is -0.293 e. The van der Waals surface area contributed by atoms with E-state index in [9.17, 15) is 33.4 Å². The summed E-state index contributed by atoms with van der Waals surface area (Å²) >= 11 is 0. The van der Waals surface area contributed by atoms with Crippen molar-refractivity contribution in [3.05, 3.63) is 68.3 Å². The smallest absolute Gasteiger partial charge is 0.270 e. The highest BCUT2D eigenvalue weighted by molar-refractivity contribution is 7.92. The van der Waals surface area contributed by atoms with E-state index >= 15 is 0 Å². The predicted octanol–water partition coefficient (Wildman–Crippen LogP) is 0.997. The second kappa shape index (κ2) is 7.98. The average Bonchev–Trinajstić information content (AvgIpc) is 2.66. The predicted molar refractivity (Wildman–Crippen MR) is 97.8 cm³/mol. The fraction of sp³-hybridized carbons (Fsp3) is 0.133. The fourth-order valence-corrected chi connectivity index (χ4v) is 3.92. The Hall–Kier alpha value is -3.58. The first-order chi connectivity index (χ1) is 13.1. The van der Waals surface area contributed by atoms with Crippen molar-refractivity contribution in [3.8, 4) is 0 Å². The number of carbonyl (C=O) groups excluding carboxylic acids is 1. The van der Waals surface area contributed by atoms with E-state index in [4.69, 9.17) is 5.84 Å². The molecule has 2 rings (SSSR count). The second-order valence-corrected chi connectivity index (χ2v) is 7.42. The molecule has 148 valence electrons. The lowest BCUT2D eigenvalue weighted by atomic mass is 10.2. The van der Waals surface area contributed by atoms with Crippen molar-refractivity contribution in [2.24, 2.45) is 5.84 Å². The molecule has 12 nitrogen and oxygen atoms in total. The highest BCUT2D eigenvalue weighted by Crippen LogP contribution is 2.30. The first kappa shape index (κ1) is 20.7. The van der Waals surface area contributed by atoms with E-state index in [0.717, 1.165) is 30.3 Å². The number of nitro groups is 2. The van der Waals surface area contributed by atoms with Crippen LogP contribution in [0.25, 0.3) is 0 Å². The third-order valence-corrected chi connectivity index (χ3v) is 5.48. The van der Waals surface area contributed by atoms with E-state index in [-0.39, 0.29) is 16.9 Å². The van der Waals surface area contributed by atoms with Gasteiger partial charge in [0.15, 0.2) is 0 Å².